The predicted molar refractivity (Wildman–Crippen MR) is 99.1 cm³/mol. The first-order chi connectivity index (χ1) is 12.2. The molecule has 6 heteroatoms. The van der Waals surface area contributed by atoms with Crippen LogP contribution < -0.4 is 5.32 Å². The highest BCUT2D eigenvalue weighted by molar-refractivity contribution is 7.98. The van der Waals surface area contributed by atoms with Crippen LogP contribution in [-0.4, -0.2) is 49.9 Å². The van der Waals surface area contributed by atoms with Crippen LogP contribution in [0, 0.1) is 6.92 Å². The van der Waals surface area contributed by atoms with Crippen LogP contribution in [0.3, 0.4) is 0 Å². The minimum atomic E-state index is -0.0609. The van der Waals surface area contributed by atoms with Gasteiger partial charge in [0.1, 0.15) is 11.5 Å². The lowest BCUT2D eigenvalue weighted by Gasteiger charge is -2.33. The van der Waals surface area contributed by atoms with Gasteiger partial charge in [0, 0.05) is 30.1 Å². The highest BCUT2D eigenvalue weighted by atomic mass is 32.2. The zero-order valence-electron chi connectivity index (χ0n) is 14.7. The van der Waals surface area contributed by atoms with Crippen LogP contribution in [0.1, 0.15) is 27.9 Å². The van der Waals surface area contributed by atoms with Crippen molar-refractivity contribution in [1.82, 2.24) is 10.2 Å². The molecule has 1 aromatic heterocycles. The fourth-order valence-corrected chi connectivity index (χ4v) is 3.37. The van der Waals surface area contributed by atoms with Crippen molar-refractivity contribution in [2.75, 3.05) is 39.1 Å². The topological polar surface area (TPSA) is 54.7 Å². The molecule has 0 spiro atoms. The Morgan fingerprint density at radius 1 is 1.20 bits per heavy atom. The second-order valence-electron chi connectivity index (χ2n) is 6.05. The van der Waals surface area contributed by atoms with Crippen LogP contribution in [0.2, 0.25) is 0 Å². The molecule has 0 aliphatic carbocycles. The van der Waals surface area contributed by atoms with Crippen LogP contribution >= 0.6 is 11.8 Å². The summed E-state index contributed by atoms with van der Waals surface area (Å²) in [5.41, 5.74) is 0.675. The molecule has 0 bridgehead atoms. The molecule has 3 rings (SSSR count). The van der Waals surface area contributed by atoms with Crippen molar-refractivity contribution >= 4 is 17.7 Å². The lowest BCUT2D eigenvalue weighted by Crippen LogP contribution is -2.43. The highest BCUT2D eigenvalue weighted by Gasteiger charge is 2.25. The molecule has 1 N–H and O–H groups in total. The number of carbonyl (C=O) groups excluding carboxylic acids is 1. The number of nitrogens with one attached hydrogen (secondary N) is 1. The summed E-state index contributed by atoms with van der Waals surface area (Å²) in [6, 6.07) is 11.6. The Bertz CT molecular complexity index is 693. The number of furan rings is 1. The van der Waals surface area contributed by atoms with E-state index < -0.39 is 0 Å². The Labute approximate surface area is 152 Å². The fraction of sp³-hybridized carbons (Fsp3) is 0.421. The normalized spacial score (nSPS) is 16.6. The molecule has 0 saturated carbocycles. The maximum absolute atomic E-state index is 12.5. The van der Waals surface area contributed by atoms with E-state index in [1.165, 1.54) is 0 Å². The number of nitrogens with zero attached hydrogens (tertiary/aromatic N) is 1. The van der Waals surface area contributed by atoms with Gasteiger partial charge in [0.05, 0.1) is 19.3 Å². The number of thioether (sulfide) groups is 1. The Morgan fingerprint density at radius 3 is 2.52 bits per heavy atom. The third kappa shape index (κ3) is 4.66. The van der Waals surface area contributed by atoms with Gasteiger partial charge in [-0.25, -0.2) is 0 Å². The van der Waals surface area contributed by atoms with E-state index in [0.29, 0.717) is 25.3 Å². The number of carbonyl (C=O) groups is 1. The van der Waals surface area contributed by atoms with Gasteiger partial charge >= 0.3 is 0 Å². The number of aryl methyl sites for hydroxylation is 1. The lowest BCUT2D eigenvalue weighted by atomic mass is 10.1. The van der Waals surface area contributed by atoms with Gasteiger partial charge in [0.15, 0.2) is 0 Å². The quantitative estimate of drug-likeness (QED) is 0.802. The van der Waals surface area contributed by atoms with Gasteiger partial charge in [0.25, 0.3) is 5.91 Å². The number of rotatable bonds is 6. The Hall–Kier alpha value is -1.76. The van der Waals surface area contributed by atoms with Gasteiger partial charge in [-0.05, 0) is 49.6 Å². The first-order valence-corrected chi connectivity index (χ1v) is 9.70. The molecule has 25 heavy (non-hydrogen) atoms. The zero-order chi connectivity index (χ0) is 17.6. The highest BCUT2D eigenvalue weighted by Crippen LogP contribution is 2.23. The predicted octanol–water partition coefficient (Wildman–Crippen LogP) is 3.11. The second kappa shape index (κ2) is 8.56. The third-order valence-electron chi connectivity index (χ3n) is 4.38. The largest absolute Gasteiger partial charge is 0.465 e. The molecule has 1 aliphatic heterocycles. The van der Waals surface area contributed by atoms with Gasteiger partial charge in [-0.2, -0.15) is 0 Å². The molecular formula is C19H24N2O3S. The summed E-state index contributed by atoms with van der Waals surface area (Å²) < 4.78 is 11.3. The van der Waals surface area contributed by atoms with Gasteiger partial charge in [-0.15, -0.1) is 11.8 Å². The van der Waals surface area contributed by atoms with Gasteiger partial charge in [0.2, 0.25) is 0 Å². The number of benzene rings is 1. The average Bonchev–Trinajstić information content (AvgIpc) is 3.09. The SMILES string of the molecule is CSc1ccc(C(=O)NCC(c2ccc(C)o2)N2CCOCC2)cc1. The Morgan fingerprint density at radius 2 is 1.92 bits per heavy atom. The van der Waals surface area contributed by atoms with Crippen LogP contribution in [0.5, 0.6) is 0 Å². The van der Waals surface area contributed by atoms with Gasteiger partial charge < -0.3 is 14.5 Å². The first-order valence-electron chi connectivity index (χ1n) is 8.48. The monoisotopic (exact) mass is 360 g/mol. The number of amides is 1. The minimum Gasteiger partial charge on any atom is -0.465 e. The molecule has 2 aromatic rings. The van der Waals surface area contributed by atoms with Crippen molar-refractivity contribution in [1.29, 1.82) is 0 Å². The molecule has 1 fully saturated rings. The Balaban J connectivity index is 1.67. The molecule has 1 aliphatic rings. The number of ether oxygens (including phenoxy) is 1. The summed E-state index contributed by atoms with van der Waals surface area (Å²) in [7, 11) is 0. The van der Waals surface area contributed by atoms with Crippen molar-refractivity contribution in [2.24, 2.45) is 0 Å². The Kier molecular flexibility index (Phi) is 6.18. The van der Waals surface area contributed by atoms with E-state index in [2.05, 4.69) is 10.2 Å². The number of hydrogen-bond donors (Lipinski definition) is 1. The van der Waals surface area contributed by atoms with Crippen LogP contribution in [-0.2, 0) is 4.74 Å². The standard InChI is InChI=1S/C19H24N2O3S/c1-14-3-8-18(24-14)17(21-9-11-23-12-10-21)13-20-19(22)15-4-6-16(25-2)7-5-15/h3-8,17H,9-13H2,1-2H3,(H,20,22). The van der Waals surface area contributed by atoms with Crippen molar-refractivity contribution in [3.05, 3.63) is 53.5 Å². The van der Waals surface area contributed by atoms with E-state index >= 15 is 0 Å². The van der Waals surface area contributed by atoms with Crippen molar-refractivity contribution in [2.45, 2.75) is 17.9 Å². The van der Waals surface area contributed by atoms with Gasteiger partial charge in [-0.3, -0.25) is 9.69 Å². The van der Waals surface area contributed by atoms with Crippen molar-refractivity contribution in [3.63, 3.8) is 0 Å². The van der Waals surface area contributed by atoms with E-state index in [1.54, 1.807) is 11.8 Å². The lowest BCUT2D eigenvalue weighted by molar-refractivity contribution is 0.0117. The summed E-state index contributed by atoms with van der Waals surface area (Å²) in [5, 5.41) is 3.05. The van der Waals surface area contributed by atoms with Crippen molar-refractivity contribution < 1.29 is 13.9 Å². The second-order valence-corrected chi connectivity index (χ2v) is 6.93. The molecule has 0 radical (unpaired) electrons. The summed E-state index contributed by atoms with van der Waals surface area (Å²) >= 11 is 1.66. The molecule has 1 aromatic carbocycles. The zero-order valence-corrected chi connectivity index (χ0v) is 15.5. The van der Waals surface area contributed by atoms with E-state index in [1.807, 2.05) is 49.6 Å². The van der Waals surface area contributed by atoms with Crippen molar-refractivity contribution in [3.8, 4) is 0 Å². The summed E-state index contributed by atoms with van der Waals surface area (Å²) in [6.07, 6.45) is 2.02. The molecule has 1 saturated heterocycles. The smallest absolute Gasteiger partial charge is 0.251 e. The van der Waals surface area contributed by atoms with Gasteiger partial charge in [-0.1, -0.05) is 0 Å². The molecule has 1 unspecified atom stereocenters. The first kappa shape index (κ1) is 18.0. The number of hydrogen-bond acceptors (Lipinski definition) is 5. The maximum Gasteiger partial charge on any atom is 0.251 e. The van der Waals surface area contributed by atoms with E-state index in [-0.39, 0.29) is 11.9 Å². The molecule has 134 valence electrons. The third-order valence-corrected chi connectivity index (χ3v) is 5.13. The van der Waals surface area contributed by atoms with Crippen LogP contribution in [0.15, 0.2) is 45.7 Å². The summed E-state index contributed by atoms with van der Waals surface area (Å²) in [6.45, 7) is 5.54. The van der Waals surface area contributed by atoms with E-state index in [9.17, 15) is 4.79 Å². The fourth-order valence-electron chi connectivity index (χ4n) is 2.97. The van der Waals surface area contributed by atoms with Crippen LogP contribution in [0.4, 0.5) is 0 Å². The maximum atomic E-state index is 12.5. The average molecular weight is 360 g/mol. The molecule has 2 heterocycles. The summed E-state index contributed by atoms with van der Waals surface area (Å²) in [5.74, 6) is 1.71. The van der Waals surface area contributed by atoms with E-state index in [4.69, 9.17) is 9.15 Å². The van der Waals surface area contributed by atoms with E-state index in [0.717, 1.165) is 29.5 Å². The summed E-state index contributed by atoms with van der Waals surface area (Å²) in [4.78, 5) is 15.9. The molecule has 1 atom stereocenters. The molecule has 1 amide bonds. The minimum absolute atomic E-state index is 0.0204. The molecular weight excluding hydrogens is 336 g/mol. The number of morpholine rings is 1. The molecule has 5 nitrogen and oxygen atoms in total. The van der Waals surface area contributed by atoms with Crippen LogP contribution in [0.25, 0.3) is 0 Å².